The molecule has 2 aromatic carbocycles. The predicted octanol–water partition coefficient (Wildman–Crippen LogP) is 3.35. The highest BCUT2D eigenvalue weighted by atomic mass is 19.1. The van der Waals surface area contributed by atoms with E-state index < -0.39 is 5.60 Å². The minimum absolute atomic E-state index is 0. The SMILES string of the molecule is CC(C)(C)O.CN[C@H]1CN(Cc2ccccc2)C[C@@H]1c1cc(F)ccc1F.O.[HH]. The molecule has 0 saturated carbocycles. The molecule has 1 aliphatic rings. The van der Waals surface area contributed by atoms with E-state index in [1.165, 1.54) is 23.8 Å². The van der Waals surface area contributed by atoms with E-state index in [1.54, 1.807) is 20.8 Å². The molecule has 0 radical (unpaired) electrons. The molecule has 0 unspecified atom stereocenters. The van der Waals surface area contributed by atoms with Gasteiger partial charge in [-0.15, -0.1) is 0 Å². The maximum atomic E-state index is 14.1. The Balaban J connectivity index is 0.00000101. The monoisotopic (exact) mass is 396 g/mol. The third-order valence-corrected chi connectivity index (χ3v) is 4.37. The van der Waals surface area contributed by atoms with Crippen LogP contribution in [0.25, 0.3) is 0 Å². The van der Waals surface area contributed by atoms with E-state index in [9.17, 15) is 8.78 Å². The molecule has 2 atom stereocenters. The van der Waals surface area contributed by atoms with Gasteiger partial charge in [-0.25, -0.2) is 8.78 Å². The van der Waals surface area contributed by atoms with Crippen LogP contribution >= 0.6 is 0 Å². The number of nitrogens with one attached hydrogen (secondary N) is 1. The molecule has 0 bridgehead atoms. The van der Waals surface area contributed by atoms with E-state index in [0.29, 0.717) is 5.56 Å². The van der Waals surface area contributed by atoms with E-state index in [-0.39, 0.29) is 30.5 Å². The zero-order valence-electron chi connectivity index (χ0n) is 17.0. The van der Waals surface area contributed by atoms with Gasteiger partial charge in [-0.2, -0.15) is 0 Å². The first-order valence-electron chi connectivity index (χ1n) is 9.28. The summed E-state index contributed by atoms with van der Waals surface area (Å²) in [6, 6.07) is 14.1. The molecule has 28 heavy (non-hydrogen) atoms. The van der Waals surface area contributed by atoms with Crippen molar-refractivity contribution in [3.8, 4) is 0 Å². The van der Waals surface area contributed by atoms with E-state index in [2.05, 4.69) is 22.3 Å². The molecule has 2 aromatic rings. The van der Waals surface area contributed by atoms with Crippen LogP contribution in [0, 0.1) is 11.6 Å². The molecule has 1 heterocycles. The zero-order valence-corrected chi connectivity index (χ0v) is 17.0. The second-order valence-corrected chi connectivity index (χ2v) is 8.02. The lowest BCUT2D eigenvalue weighted by Gasteiger charge is -2.18. The van der Waals surface area contributed by atoms with Crippen molar-refractivity contribution < 1.29 is 20.8 Å². The molecular formula is C22H34F2N2O2. The van der Waals surface area contributed by atoms with Gasteiger partial charge in [0.2, 0.25) is 0 Å². The molecule has 4 nitrogen and oxygen atoms in total. The minimum Gasteiger partial charge on any atom is -0.412 e. The first-order chi connectivity index (χ1) is 12.7. The smallest absolute Gasteiger partial charge is 0.126 e. The van der Waals surface area contributed by atoms with Crippen molar-refractivity contribution in [3.05, 3.63) is 71.3 Å². The van der Waals surface area contributed by atoms with Crippen LogP contribution in [0.1, 0.15) is 39.2 Å². The summed E-state index contributed by atoms with van der Waals surface area (Å²) in [5.41, 5.74) is 1.20. The van der Waals surface area contributed by atoms with Gasteiger partial charge in [-0.1, -0.05) is 30.3 Å². The summed E-state index contributed by atoms with van der Waals surface area (Å²) in [6.45, 7) is 7.60. The van der Waals surface area contributed by atoms with Gasteiger partial charge in [-0.05, 0) is 57.1 Å². The van der Waals surface area contributed by atoms with Crippen LogP contribution in [0.15, 0.2) is 48.5 Å². The van der Waals surface area contributed by atoms with Crippen LogP contribution in [0.3, 0.4) is 0 Å². The fourth-order valence-corrected chi connectivity index (χ4v) is 3.26. The van der Waals surface area contributed by atoms with Crippen LogP contribution in [-0.2, 0) is 6.54 Å². The third-order valence-electron chi connectivity index (χ3n) is 4.37. The fraction of sp³-hybridized carbons (Fsp3) is 0.455. The molecule has 0 amide bonds. The molecule has 6 heteroatoms. The minimum atomic E-state index is -0.500. The van der Waals surface area contributed by atoms with Gasteiger partial charge in [0.15, 0.2) is 0 Å². The molecule has 4 N–H and O–H groups in total. The number of hydrogen-bond acceptors (Lipinski definition) is 3. The normalized spacial score (nSPS) is 19.5. The Hall–Kier alpha value is -1.86. The van der Waals surface area contributed by atoms with E-state index in [1.807, 2.05) is 25.2 Å². The summed E-state index contributed by atoms with van der Waals surface area (Å²) < 4.78 is 27.5. The van der Waals surface area contributed by atoms with Crippen LogP contribution in [0.2, 0.25) is 0 Å². The maximum absolute atomic E-state index is 14.1. The number of aliphatic hydroxyl groups is 1. The molecule has 1 aliphatic heterocycles. The molecule has 1 saturated heterocycles. The predicted molar refractivity (Wildman–Crippen MR) is 111 cm³/mol. The quantitative estimate of drug-likeness (QED) is 0.833. The van der Waals surface area contributed by atoms with Crippen molar-refractivity contribution in [2.45, 2.75) is 44.9 Å². The van der Waals surface area contributed by atoms with Crippen molar-refractivity contribution in [2.75, 3.05) is 20.1 Å². The van der Waals surface area contributed by atoms with Crippen molar-refractivity contribution >= 4 is 0 Å². The molecule has 0 spiro atoms. The Morgan fingerprint density at radius 2 is 1.71 bits per heavy atom. The lowest BCUT2D eigenvalue weighted by atomic mass is 9.94. The highest BCUT2D eigenvalue weighted by molar-refractivity contribution is 5.27. The molecule has 0 aliphatic carbocycles. The van der Waals surface area contributed by atoms with E-state index in [0.717, 1.165) is 19.6 Å². The number of likely N-dealkylation sites (tertiary alicyclic amines) is 1. The van der Waals surface area contributed by atoms with Crippen molar-refractivity contribution in [1.82, 2.24) is 10.2 Å². The number of halogens is 2. The zero-order chi connectivity index (χ0) is 20.0. The van der Waals surface area contributed by atoms with Gasteiger partial charge >= 0.3 is 0 Å². The van der Waals surface area contributed by atoms with Crippen LogP contribution < -0.4 is 5.32 Å². The van der Waals surface area contributed by atoms with Crippen LogP contribution in [-0.4, -0.2) is 47.3 Å². The van der Waals surface area contributed by atoms with Crippen LogP contribution in [0.4, 0.5) is 8.78 Å². The Morgan fingerprint density at radius 1 is 1.11 bits per heavy atom. The van der Waals surface area contributed by atoms with Gasteiger partial charge in [0.05, 0.1) is 5.60 Å². The molecule has 3 rings (SSSR count). The van der Waals surface area contributed by atoms with Crippen molar-refractivity contribution in [2.24, 2.45) is 0 Å². The largest absolute Gasteiger partial charge is 0.412 e. The Morgan fingerprint density at radius 3 is 2.29 bits per heavy atom. The number of rotatable bonds is 4. The summed E-state index contributed by atoms with van der Waals surface area (Å²) >= 11 is 0. The van der Waals surface area contributed by atoms with Gasteiger partial charge in [0.1, 0.15) is 11.6 Å². The summed E-state index contributed by atoms with van der Waals surface area (Å²) in [5.74, 6) is -0.745. The number of nitrogens with zero attached hydrogens (tertiary/aromatic N) is 1. The highest BCUT2D eigenvalue weighted by Crippen LogP contribution is 2.30. The molecular weight excluding hydrogens is 362 g/mol. The Kier molecular flexibility index (Phi) is 9.17. The van der Waals surface area contributed by atoms with Gasteiger partial charge in [-0.3, -0.25) is 4.90 Å². The molecule has 158 valence electrons. The lowest BCUT2D eigenvalue weighted by Crippen LogP contribution is -2.32. The van der Waals surface area contributed by atoms with E-state index >= 15 is 0 Å². The summed E-state index contributed by atoms with van der Waals surface area (Å²) in [6.07, 6.45) is 0. The second kappa shape index (κ2) is 10.6. The van der Waals surface area contributed by atoms with Gasteiger partial charge in [0.25, 0.3) is 0 Å². The number of hydrogen-bond donors (Lipinski definition) is 2. The summed E-state index contributed by atoms with van der Waals surface area (Å²) in [5, 5.41) is 11.8. The fourth-order valence-electron chi connectivity index (χ4n) is 3.26. The van der Waals surface area contributed by atoms with Crippen molar-refractivity contribution in [1.29, 1.82) is 0 Å². The first kappa shape index (κ1) is 24.2. The molecule has 0 aromatic heterocycles. The highest BCUT2D eigenvalue weighted by Gasteiger charge is 2.34. The Labute approximate surface area is 168 Å². The average molecular weight is 397 g/mol. The summed E-state index contributed by atoms with van der Waals surface area (Å²) in [7, 11) is 1.88. The standard InChI is InChI=1S/C18H20F2N2.C4H10O.H2O.H2/c1-21-18-12-22(10-13-5-3-2-4-6-13)11-16(18)15-9-14(19)7-8-17(15)20;1-4(2,3)5;;/h2-9,16,18,21H,10-12H2,1H3;5H,1-3H3;1H2;1H/t16-,18+;;;/m1.../s1. The third kappa shape index (κ3) is 7.64. The van der Waals surface area contributed by atoms with Gasteiger partial charge in [0, 0.05) is 33.0 Å². The summed E-state index contributed by atoms with van der Waals surface area (Å²) in [4.78, 5) is 2.28. The molecule has 1 fully saturated rings. The number of likely N-dealkylation sites (N-methyl/N-ethyl adjacent to an activating group) is 1. The topological polar surface area (TPSA) is 67.0 Å². The van der Waals surface area contributed by atoms with Crippen LogP contribution in [0.5, 0.6) is 0 Å². The number of benzene rings is 2. The second-order valence-electron chi connectivity index (χ2n) is 8.02. The lowest BCUT2D eigenvalue weighted by molar-refractivity contribution is 0.102. The maximum Gasteiger partial charge on any atom is 0.126 e. The first-order valence-corrected chi connectivity index (χ1v) is 9.28. The van der Waals surface area contributed by atoms with Crippen molar-refractivity contribution in [3.63, 3.8) is 0 Å². The van der Waals surface area contributed by atoms with E-state index in [4.69, 9.17) is 5.11 Å². The average Bonchev–Trinajstić information content (AvgIpc) is 2.99. The Bertz CT molecular complexity index is 720. The van der Waals surface area contributed by atoms with Gasteiger partial charge < -0.3 is 15.9 Å².